The summed E-state index contributed by atoms with van der Waals surface area (Å²) in [7, 11) is 0. The van der Waals surface area contributed by atoms with Crippen LogP contribution in [0.25, 0.3) is 21.9 Å². The number of hydrogen-bond acceptors (Lipinski definition) is 3. The first kappa shape index (κ1) is 12.3. The average molecular weight is 260 g/mol. The molecule has 0 aliphatic heterocycles. The minimum Gasteiger partial charge on any atom is -0.261 e. The van der Waals surface area contributed by atoms with E-state index in [2.05, 4.69) is 16.0 Å². The van der Waals surface area contributed by atoms with Crippen molar-refractivity contribution in [2.24, 2.45) is 4.99 Å². The van der Waals surface area contributed by atoms with Crippen molar-refractivity contribution >= 4 is 22.5 Å². The van der Waals surface area contributed by atoms with E-state index in [1.54, 1.807) is 12.3 Å². The van der Waals surface area contributed by atoms with Crippen LogP contribution in [-0.2, 0) is 4.79 Å². The van der Waals surface area contributed by atoms with Gasteiger partial charge in [0.05, 0.1) is 5.69 Å². The first-order chi connectivity index (χ1) is 9.81. The smallest absolute Gasteiger partial charge is 0.240 e. The highest BCUT2D eigenvalue weighted by molar-refractivity contribution is 6.02. The molecular formula is C17H12N2O. The summed E-state index contributed by atoms with van der Waals surface area (Å²) in [6.07, 6.45) is 3.39. The number of pyridine rings is 1. The summed E-state index contributed by atoms with van der Waals surface area (Å²) < 4.78 is 0. The van der Waals surface area contributed by atoms with Crippen molar-refractivity contribution in [1.29, 1.82) is 0 Å². The van der Waals surface area contributed by atoms with Crippen LogP contribution in [0.1, 0.15) is 5.69 Å². The molecular weight excluding hydrogens is 248 g/mol. The number of aromatic nitrogens is 1. The Kier molecular flexibility index (Phi) is 3.12. The third kappa shape index (κ3) is 2.00. The number of aliphatic imine (C=N–C) groups is 1. The number of nitrogens with zero attached hydrogens (tertiary/aromatic N) is 2. The molecule has 0 saturated heterocycles. The minimum atomic E-state index is 0.640. The molecule has 3 rings (SSSR count). The van der Waals surface area contributed by atoms with Gasteiger partial charge in [0, 0.05) is 22.8 Å². The maximum absolute atomic E-state index is 10.5. The highest BCUT2D eigenvalue weighted by atomic mass is 16.1. The van der Waals surface area contributed by atoms with Crippen molar-refractivity contribution < 1.29 is 4.79 Å². The van der Waals surface area contributed by atoms with Gasteiger partial charge in [-0.3, -0.25) is 4.98 Å². The van der Waals surface area contributed by atoms with Gasteiger partial charge in [-0.05, 0) is 30.0 Å². The second kappa shape index (κ2) is 5.08. The number of fused-ring (bicyclic) bond motifs is 1. The molecule has 0 fully saturated rings. The molecule has 96 valence electrons. The molecule has 0 N–H and O–H groups in total. The Morgan fingerprint density at radius 3 is 2.50 bits per heavy atom. The van der Waals surface area contributed by atoms with Crippen molar-refractivity contribution in [3.8, 4) is 11.1 Å². The fourth-order valence-corrected chi connectivity index (χ4v) is 2.44. The van der Waals surface area contributed by atoms with Gasteiger partial charge in [-0.15, -0.1) is 0 Å². The first-order valence-corrected chi connectivity index (χ1v) is 6.33. The zero-order chi connectivity index (χ0) is 13.9. The van der Waals surface area contributed by atoms with E-state index in [1.165, 1.54) is 0 Å². The maximum Gasteiger partial charge on any atom is 0.240 e. The molecule has 0 spiro atoms. The molecule has 20 heavy (non-hydrogen) atoms. The summed E-state index contributed by atoms with van der Waals surface area (Å²) in [6.45, 7) is 1.99. The van der Waals surface area contributed by atoms with Crippen LogP contribution in [0.15, 0.2) is 59.7 Å². The fourth-order valence-electron chi connectivity index (χ4n) is 2.44. The molecule has 0 saturated carbocycles. The summed E-state index contributed by atoms with van der Waals surface area (Å²) in [5.74, 6) is 0. The van der Waals surface area contributed by atoms with Gasteiger partial charge in [0.15, 0.2) is 0 Å². The van der Waals surface area contributed by atoms with Gasteiger partial charge in [0.1, 0.15) is 0 Å². The highest BCUT2D eigenvalue weighted by Crippen LogP contribution is 2.34. The van der Waals surface area contributed by atoms with Gasteiger partial charge in [-0.1, -0.05) is 36.4 Å². The number of isocyanates is 1. The maximum atomic E-state index is 10.5. The van der Waals surface area contributed by atoms with Crippen molar-refractivity contribution in [2.45, 2.75) is 6.92 Å². The van der Waals surface area contributed by atoms with E-state index in [0.29, 0.717) is 5.69 Å². The first-order valence-electron chi connectivity index (χ1n) is 6.33. The van der Waals surface area contributed by atoms with E-state index >= 15 is 0 Å². The van der Waals surface area contributed by atoms with Crippen LogP contribution >= 0.6 is 0 Å². The highest BCUT2D eigenvalue weighted by Gasteiger charge is 2.08. The van der Waals surface area contributed by atoms with Gasteiger partial charge in [-0.25, -0.2) is 4.79 Å². The third-order valence-corrected chi connectivity index (χ3v) is 3.36. The molecule has 3 aromatic rings. The zero-order valence-corrected chi connectivity index (χ0v) is 11.0. The van der Waals surface area contributed by atoms with E-state index in [9.17, 15) is 4.79 Å². The molecule has 3 nitrogen and oxygen atoms in total. The normalized spacial score (nSPS) is 10.2. The van der Waals surface area contributed by atoms with Crippen LogP contribution < -0.4 is 0 Å². The number of aryl methyl sites for hydroxylation is 1. The minimum absolute atomic E-state index is 0.640. The zero-order valence-electron chi connectivity index (χ0n) is 11.0. The third-order valence-electron chi connectivity index (χ3n) is 3.36. The molecule has 0 aliphatic rings. The van der Waals surface area contributed by atoms with Crippen molar-refractivity contribution in [2.75, 3.05) is 0 Å². The summed E-state index contributed by atoms with van der Waals surface area (Å²) in [4.78, 5) is 18.6. The molecule has 0 aliphatic carbocycles. The van der Waals surface area contributed by atoms with Crippen LogP contribution in [0.4, 0.5) is 5.69 Å². The van der Waals surface area contributed by atoms with E-state index in [-0.39, 0.29) is 0 Å². The van der Waals surface area contributed by atoms with Crippen LogP contribution in [0.2, 0.25) is 0 Å². The topological polar surface area (TPSA) is 42.3 Å². The summed E-state index contributed by atoms with van der Waals surface area (Å²) in [5.41, 5.74) is 3.80. The van der Waals surface area contributed by atoms with Gasteiger partial charge < -0.3 is 0 Å². The molecule has 0 unspecified atom stereocenters. The van der Waals surface area contributed by atoms with E-state index in [4.69, 9.17) is 0 Å². The Bertz CT molecular complexity index is 833. The second-order valence-electron chi connectivity index (χ2n) is 4.52. The lowest BCUT2D eigenvalue weighted by atomic mass is 9.97. The van der Waals surface area contributed by atoms with Crippen LogP contribution in [0, 0.1) is 6.92 Å². The van der Waals surface area contributed by atoms with Gasteiger partial charge in [0.2, 0.25) is 6.08 Å². The molecule has 0 bridgehead atoms. The molecule has 2 aromatic carbocycles. The number of rotatable bonds is 2. The summed E-state index contributed by atoms with van der Waals surface area (Å²) in [5, 5.41) is 2.00. The van der Waals surface area contributed by atoms with E-state index < -0.39 is 0 Å². The fraction of sp³-hybridized carbons (Fsp3) is 0.0588. The van der Waals surface area contributed by atoms with Gasteiger partial charge in [0.25, 0.3) is 0 Å². The predicted molar refractivity (Wildman–Crippen MR) is 79.7 cm³/mol. The average Bonchev–Trinajstić information content (AvgIpc) is 2.48. The summed E-state index contributed by atoms with van der Waals surface area (Å²) >= 11 is 0. The monoisotopic (exact) mass is 260 g/mol. The molecule has 1 heterocycles. The van der Waals surface area contributed by atoms with Crippen LogP contribution in [0.5, 0.6) is 0 Å². The summed E-state index contributed by atoms with van der Waals surface area (Å²) in [6, 6.07) is 15.7. The number of carbonyl (C=O) groups excluding carboxylic acids is 1. The van der Waals surface area contributed by atoms with Crippen LogP contribution in [0.3, 0.4) is 0 Å². The number of benzene rings is 2. The Morgan fingerprint density at radius 2 is 1.70 bits per heavy atom. The lowest BCUT2D eigenvalue weighted by Gasteiger charge is -2.09. The quantitative estimate of drug-likeness (QED) is 0.512. The predicted octanol–water partition coefficient (Wildman–Crippen LogP) is 4.18. The lowest BCUT2D eigenvalue weighted by molar-refractivity contribution is 0.565. The van der Waals surface area contributed by atoms with E-state index in [0.717, 1.165) is 27.6 Å². The van der Waals surface area contributed by atoms with Gasteiger partial charge in [-0.2, -0.15) is 4.99 Å². The molecule has 0 amide bonds. The Hall–Kier alpha value is -2.77. The van der Waals surface area contributed by atoms with Gasteiger partial charge >= 0.3 is 0 Å². The molecule has 3 heteroatoms. The Balaban J connectivity index is 2.36. The largest absolute Gasteiger partial charge is 0.261 e. The number of hydrogen-bond donors (Lipinski definition) is 0. The molecule has 0 atom stereocenters. The molecule has 1 aromatic heterocycles. The van der Waals surface area contributed by atoms with Crippen LogP contribution in [-0.4, -0.2) is 11.1 Å². The molecule has 0 radical (unpaired) electrons. The SMILES string of the molecule is Cc1ncccc1-c1cccc2c(N=C=O)cccc12. The van der Waals surface area contributed by atoms with E-state index in [1.807, 2.05) is 49.4 Å². The van der Waals surface area contributed by atoms with Crippen molar-refractivity contribution in [3.05, 3.63) is 60.4 Å². The lowest BCUT2D eigenvalue weighted by Crippen LogP contribution is -1.88. The van der Waals surface area contributed by atoms with Crippen molar-refractivity contribution in [1.82, 2.24) is 4.98 Å². The Labute approximate surface area is 116 Å². The Morgan fingerprint density at radius 1 is 0.950 bits per heavy atom. The second-order valence-corrected chi connectivity index (χ2v) is 4.52. The standard InChI is InChI=1S/C17H12N2O/c1-12-13(8-4-10-18-12)14-5-2-7-16-15(14)6-3-9-17(16)19-11-20/h2-10H,1H3. The van der Waals surface area contributed by atoms with Crippen molar-refractivity contribution in [3.63, 3.8) is 0 Å².